The van der Waals surface area contributed by atoms with Gasteiger partial charge in [-0.15, -0.1) is 0 Å². The highest BCUT2D eigenvalue weighted by Crippen LogP contribution is 2.30. The summed E-state index contributed by atoms with van der Waals surface area (Å²) >= 11 is 0. The fourth-order valence-electron chi connectivity index (χ4n) is 1.87. The Morgan fingerprint density at radius 3 is 2.56 bits per heavy atom. The number of aromatic carboxylic acids is 1. The number of hydrogen-bond donors (Lipinski definition) is 3. The molecular formula is C12H11NO3. The first-order valence-corrected chi connectivity index (χ1v) is 4.76. The molecule has 4 nitrogen and oxygen atoms in total. The van der Waals surface area contributed by atoms with Crippen LogP contribution in [0.1, 0.15) is 15.9 Å². The van der Waals surface area contributed by atoms with Crippen molar-refractivity contribution in [2.24, 2.45) is 0 Å². The summed E-state index contributed by atoms with van der Waals surface area (Å²) in [4.78, 5) is 11.1. The van der Waals surface area contributed by atoms with Crippen LogP contribution in [-0.4, -0.2) is 16.2 Å². The smallest absolute Gasteiger partial charge is 0.336 e. The van der Waals surface area contributed by atoms with E-state index in [1.807, 2.05) is 0 Å². The van der Waals surface area contributed by atoms with E-state index in [1.165, 1.54) is 12.1 Å². The number of carboxylic acid groups (broad SMARTS) is 1. The van der Waals surface area contributed by atoms with Crippen molar-refractivity contribution in [2.75, 3.05) is 5.73 Å². The van der Waals surface area contributed by atoms with Gasteiger partial charge in [0.15, 0.2) is 0 Å². The number of phenolic OH excluding ortho intramolecular Hbond substituents is 1. The van der Waals surface area contributed by atoms with Crippen molar-refractivity contribution < 1.29 is 15.0 Å². The highest BCUT2D eigenvalue weighted by molar-refractivity contribution is 6.09. The van der Waals surface area contributed by atoms with E-state index in [0.29, 0.717) is 22.0 Å². The highest BCUT2D eigenvalue weighted by atomic mass is 16.4. The lowest BCUT2D eigenvalue weighted by Gasteiger charge is -2.09. The zero-order chi connectivity index (χ0) is 11.9. The molecule has 4 heteroatoms. The summed E-state index contributed by atoms with van der Waals surface area (Å²) in [6, 6.07) is 6.09. The van der Waals surface area contributed by atoms with Crippen molar-refractivity contribution in [3.05, 3.63) is 35.4 Å². The van der Waals surface area contributed by atoms with Gasteiger partial charge in [-0.2, -0.15) is 0 Å². The van der Waals surface area contributed by atoms with Gasteiger partial charge in [-0.25, -0.2) is 4.79 Å². The van der Waals surface area contributed by atoms with E-state index >= 15 is 0 Å². The quantitative estimate of drug-likeness (QED) is 0.639. The zero-order valence-corrected chi connectivity index (χ0v) is 8.69. The average molecular weight is 217 g/mol. The second kappa shape index (κ2) is 3.41. The Labute approximate surface area is 91.9 Å². The summed E-state index contributed by atoms with van der Waals surface area (Å²) in [7, 11) is 0. The third kappa shape index (κ3) is 1.44. The van der Waals surface area contributed by atoms with E-state index < -0.39 is 5.97 Å². The summed E-state index contributed by atoms with van der Waals surface area (Å²) in [5, 5.41) is 19.6. The summed E-state index contributed by atoms with van der Waals surface area (Å²) in [5.41, 5.74) is 7.10. The van der Waals surface area contributed by atoms with Crippen LogP contribution in [0.25, 0.3) is 10.8 Å². The lowest BCUT2D eigenvalue weighted by Crippen LogP contribution is -2.02. The number of aryl methyl sites for hydroxylation is 1. The van der Waals surface area contributed by atoms with Gasteiger partial charge in [-0.05, 0) is 42.1 Å². The second-order valence-electron chi connectivity index (χ2n) is 3.69. The van der Waals surface area contributed by atoms with Crippen molar-refractivity contribution >= 4 is 22.4 Å². The van der Waals surface area contributed by atoms with Crippen LogP contribution in [0.3, 0.4) is 0 Å². The minimum atomic E-state index is -0.992. The summed E-state index contributed by atoms with van der Waals surface area (Å²) < 4.78 is 0. The Balaban J connectivity index is 2.95. The molecule has 0 aliphatic heterocycles. The Hall–Kier alpha value is -2.23. The number of carboxylic acids is 1. The molecule has 0 saturated carbocycles. The predicted octanol–water partition coefficient (Wildman–Crippen LogP) is 2.13. The number of rotatable bonds is 1. The van der Waals surface area contributed by atoms with Crippen LogP contribution in [-0.2, 0) is 0 Å². The molecular weight excluding hydrogens is 206 g/mol. The van der Waals surface area contributed by atoms with Gasteiger partial charge in [0.25, 0.3) is 0 Å². The van der Waals surface area contributed by atoms with Gasteiger partial charge >= 0.3 is 5.97 Å². The molecule has 0 spiro atoms. The van der Waals surface area contributed by atoms with Crippen molar-refractivity contribution in [3.63, 3.8) is 0 Å². The molecule has 0 bridgehead atoms. The number of nitrogens with two attached hydrogens (primary N) is 1. The fraction of sp³-hybridized carbons (Fsp3) is 0.0833. The minimum Gasteiger partial charge on any atom is -0.508 e. The normalized spacial score (nSPS) is 10.6. The summed E-state index contributed by atoms with van der Waals surface area (Å²) in [5.74, 6) is -0.924. The highest BCUT2D eigenvalue weighted by Gasteiger charge is 2.14. The summed E-state index contributed by atoms with van der Waals surface area (Å²) in [6.45, 7) is 1.70. The molecule has 0 aromatic heterocycles. The lowest BCUT2D eigenvalue weighted by atomic mass is 9.98. The molecule has 82 valence electrons. The molecule has 0 amide bonds. The lowest BCUT2D eigenvalue weighted by molar-refractivity contribution is 0.0698. The standard InChI is InChI=1S/C12H11NO3/c1-6-4-10(13)9-5-7(14)2-3-8(9)11(6)12(15)16/h2-5,14H,13H2,1H3,(H,15,16). The van der Waals surface area contributed by atoms with E-state index in [9.17, 15) is 9.90 Å². The Morgan fingerprint density at radius 2 is 1.94 bits per heavy atom. The van der Waals surface area contributed by atoms with Crippen molar-refractivity contribution in [2.45, 2.75) is 6.92 Å². The SMILES string of the molecule is Cc1cc(N)c2cc(O)ccc2c1C(=O)O. The third-order valence-electron chi connectivity index (χ3n) is 2.56. The van der Waals surface area contributed by atoms with Gasteiger partial charge in [-0.3, -0.25) is 0 Å². The molecule has 0 saturated heterocycles. The first kappa shape index (κ1) is 10.3. The molecule has 0 radical (unpaired) electrons. The Kier molecular flexibility index (Phi) is 2.20. The maximum atomic E-state index is 11.1. The van der Waals surface area contributed by atoms with E-state index in [-0.39, 0.29) is 11.3 Å². The first-order valence-electron chi connectivity index (χ1n) is 4.76. The number of fused-ring (bicyclic) bond motifs is 1. The van der Waals surface area contributed by atoms with Crippen molar-refractivity contribution in [1.29, 1.82) is 0 Å². The Morgan fingerprint density at radius 1 is 1.25 bits per heavy atom. The summed E-state index contributed by atoms with van der Waals surface area (Å²) in [6.07, 6.45) is 0. The largest absolute Gasteiger partial charge is 0.508 e. The Bertz CT molecular complexity index is 590. The van der Waals surface area contributed by atoms with E-state index in [4.69, 9.17) is 10.8 Å². The van der Waals surface area contributed by atoms with Gasteiger partial charge in [0.1, 0.15) is 5.75 Å². The van der Waals surface area contributed by atoms with E-state index in [2.05, 4.69) is 0 Å². The van der Waals surface area contributed by atoms with Crippen LogP contribution in [0.2, 0.25) is 0 Å². The van der Waals surface area contributed by atoms with Crippen LogP contribution in [0.5, 0.6) is 5.75 Å². The molecule has 4 N–H and O–H groups in total. The van der Waals surface area contributed by atoms with Crippen LogP contribution in [0, 0.1) is 6.92 Å². The first-order chi connectivity index (χ1) is 7.50. The molecule has 2 aromatic carbocycles. The van der Waals surface area contributed by atoms with E-state index in [1.54, 1.807) is 19.1 Å². The third-order valence-corrected chi connectivity index (χ3v) is 2.56. The topological polar surface area (TPSA) is 83.5 Å². The van der Waals surface area contributed by atoms with Crippen LogP contribution >= 0.6 is 0 Å². The number of anilines is 1. The molecule has 0 atom stereocenters. The molecule has 2 rings (SSSR count). The zero-order valence-electron chi connectivity index (χ0n) is 8.69. The van der Waals surface area contributed by atoms with Crippen LogP contribution in [0.4, 0.5) is 5.69 Å². The molecule has 16 heavy (non-hydrogen) atoms. The van der Waals surface area contributed by atoms with Crippen molar-refractivity contribution in [1.82, 2.24) is 0 Å². The number of hydrogen-bond acceptors (Lipinski definition) is 3. The van der Waals surface area contributed by atoms with Gasteiger partial charge in [-0.1, -0.05) is 0 Å². The second-order valence-corrected chi connectivity index (χ2v) is 3.69. The molecule has 0 aliphatic carbocycles. The fourth-order valence-corrected chi connectivity index (χ4v) is 1.87. The average Bonchev–Trinajstić information content (AvgIpc) is 2.18. The predicted molar refractivity (Wildman–Crippen MR) is 61.7 cm³/mol. The number of carbonyl (C=O) groups is 1. The monoisotopic (exact) mass is 217 g/mol. The van der Waals surface area contributed by atoms with Gasteiger partial charge in [0.2, 0.25) is 0 Å². The van der Waals surface area contributed by atoms with Gasteiger partial charge < -0.3 is 15.9 Å². The minimum absolute atomic E-state index is 0.0689. The molecule has 0 fully saturated rings. The van der Waals surface area contributed by atoms with Crippen LogP contribution in [0.15, 0.2) is 24.3 Å². The maximum absolute atomic E-state index is 11.1. The molecule has 0 unspecified atom stereocenters. The number of phenols is 1. The molecule has 0 aliphatic rings. The van der Waals surface area contributed by atoms with Gasteiger partial charge in [0.05, 0.1) is 5.56 Å². The number of nitrogen functional groups attached to an aromatic ring is 1. The van der Waals surface area contributed by atoms with Crippen LogP contribution < -0.4 is 5.73 Å². The van der Waals surface area contributed by atoms with E-state index in [0.717, 1.165) is 0 Å². The molecule has 2 aromatic rings. The maximum Gasteiger partial charge on any atom is 0.336 e. The number of benzene rings is 2. The molecule has 0 heterocycles. The van der Waals surface area contributed by atoms with Crippen molar-refractivity contribution in [3.8, 4) is 5.75 Å². The van der Waals surface area contributed by atoms with Gasteiger partial charge in [0, 0.05) is 11.1 Å². The number of aromatic hydroxyl groups is 1.